The maximum Gasteiger partial charge on any atom is 0.387 e. The van der Waals surface area contributed by atoms with Crippen LogP contribution in [0.5, 0.6) is 11.5 Å². The Morgan fingerprint density at radius 2 is 1.95 bits per heavy atom. The summed E-state index contributed by atoms with van der Waals surface area (Å²) in [6, 6.07) is 12.1. The Morgan fingerprint density at radius 1 is 1.14 bits per heavy atom. The molecule has 0 unspecified atom stereocenters. The number of nitrogens with one attached hydrogen (secondary N) is 2. The molecule has 0 saturated heterocycles. The molecule has 2 N–H and O–H groups in total. The van der Waals surface area contributed by atoms with E-state index >= 15 is 0 Å². The Hall–Kier alpha value is -4.48. The summed E-state index contributed by atoms with van der Waals surface area (Å²) in [5.41, 5.74) is 0.932. The van der Waals surface area contributed by atoms with E-state index in [1.165, 1.54) is 29.2 Å². The summed E-state index contributed by atoms with van der Waals surface area (Å²) < 4.78 is 37.8. The lowest BCUT2D eigenvalue weighted by Gasteiger charge is -2.25. The van der Waals surface area contributed by atoms with Gasteiger partial charge in [-0.25, -0.2) is 4.98 Å². The van der Waals surface area contributed by atoms with E-state index in [0.717, 1.165) is 11.4 Å². The Labute approximate surface area is 243 Å². The number of benzene rings is 2. The minimum atomic E-state index is -3.04. The fourth-order valence-electron chi connectivity index (χ4n) is 4.70. The Morgan fingerprint density at radius 3 is 2.74 bits per heavy atom. The van der Waals surface area contributed by atoms with Crippen molar-refractivity contribution in [1.82, 2.24) is 25.1 Å². The van der Waals surface area contributed by atoms with E-state index in [-0.39, 0.29) is 42.8 Å². The molecule has 2 aromatic carbocycles. The molecule has 0 spiro atoms. The van der Waals surface area contributed by atoms with Crippen molar-refractivity contribution >= 4 is 17.7 Å². The Bertz CT molecular complexity index is 1380. The Balaban J connectivity index is 1.59. The quantitative estimate of drug-likeness (QED) is 0.473. The van der Waals surface area contributed by atoms with E-state index in [1.807, 2.05) is 48.9 Å². The molecule has 3 amide bonds. The van der Waals surface area contributed by atoms with Crippen molar-refractivity contribution < 1.29 is 32.6 Å². The Kier molecular flexibility index (Phi) is 10.5. The molecule has 1 aliphatic heterocycles. The largest absolute Gasteiger partial charge is 0.494 e. The fourth-order valence-corrected chi connectivity index (χ4v) is 4.70. The van der Waals surface area contributed by atoms with E-state index in [0.29, 0.717) is 31.7 Å². The number of hydrogen-bond donors (Lipinski definition) is 2. The van der Waals surface area contributed by atoms with Crippen molar-refractivity contribution in [3.05, 3.63) is 66.5 Å². The fraction of sp³-hybridized carbons (Fsp3) is 0.400. The van der Waals surface area contributed by atoms with Crippen LogP contribution in [0.4, 0.5) is 8.78 Å². The zero-order chi connectivity index (χ0) is 30.1. The average Bonchev–Trinajstić information content (AvgIpc) is 3.42. The van der Waals surface area contributed by atoms with Gasteiger partial charge < -0.3 is 29.6 Å². The maximum atomic E-state index is 13.4. The molecule has 0 radical (unpaired) electrons. The molecular weight excluding hydrogens is 548 g/mol. The number of alkyl halides is 2. The zero-order valence-corrected chi connectivity index (χ0v) is 23.6. The van der Waals surface area contributed by atoms with Crippen LogP contribution in [-0.2, 0) is 16.1 Å². The molecule has 0 aliphatic carbocycles. The van der Waals surface area contributed by atoms with Crippen LogP contribution in [0.2, 0.25) is 0 Å². The first kappa shape index (κ1) is 30.5. The number of amides is 3. The molecule has 10 nitrogen and oxygen atoms in total. The third-order valence-electron chi connectivity index (χ3n) is 6.59. The van der Waals surface area contributed by atoms with Gasteiger partial charge in [0.05, 0.1) is 13.2 Å². The highest BCUT2D eigenvalue weighted by atomic mass is 19.3. The van der Waals surface area contributed by atoms with Crippen LogP contribution in [0, 0.1) is 5.92 Å². The van der Waals surface area contributed by atoms with Gasteiger partial charge in [0.15, 0.2) is 0 Å². The smallest absolute Gasteiger partial charge is 0.387 e. The molecule has 4 rings (SSSR count). The number of fused-ring (bicyclic) bond motifs is 4. The number of carbonyl (C=O) groups is 3. The van der Waals surface area contributed by atoms with Gasteiger partial charge in [-0.2, -0.15) is 8.78 Å². The van der Waals surface area contributed by atoms with Crippen LogP contribution in [0.3, 0.4) is 0 Å². The van der Waals surface area contributed by atoms with Gasteiger partial charge in [0, 0.05) is 43.2 Å². The summed E-state index contributed by atoms with van der Waals surface area (Å²) in [4.78, 5) is 45.5. The van der Waals surface area contributed by atoms with Gasteiger partial charge in [0.25, 0.3) is 5.91 Å². The van der Waals surface area contributed by atoms with E-state index in [9.17, 15) is 23.2 Å². The van der Waals surface area contributed by atoms with Gasteiger partial charge in [-0.1, -0.05) is 32.0 Å². The predicted molar refractivity (Wildman–Crippen MR) is 151 cm³/mol. The highest BCUT2D eigenvalue weighted by Crippen LogP contribution is 2.23. The number of imidazole rings is 1. The van der Waals surface area contributed by atoms with Gasteiger partial charge in [-0.05, 0) is 49.1 Å². The third kappa shape index (κ3) is 8.51. The van der Waals surface area contributed by atoms with Gasteiger partial charge in [-0.15, -0.1) is 0 Å². The molecule has 12 heteroatoms. The number of carbonyl (C=O) groups excluding carboxylic acids is 3. The van der Waals surface area contributed by atoms with Gasteiger partial charge in [0.1, 0.15) is 23.4 Å². The summed E-state index contributed by atoms with van der Waals surface area (Å²) in [6.07, 6.45) is 4.30. The number of rotatable bonds is 5. The first-order valence-electron chi connectivity index (χ1n) is 13.8. The van der Waals surface area contributed by atoms with E-state index in [1.54, 1.807) is 6.20 Å². The maximum absolute atomic E-state index is 13.4. The summed E-state index contributed by atoms with van der Waals surface area (Å²) in [6.45, 7) is 1.66. The topological polar surface area (TPSA) is 115 Å². The van der Waals surface area contributed by atoms with Crippen molar-refractivity contribution in [2.45, 2.75) is 45.9 Å². The molecule has 0 saturated carbocycles. The summed E-state index contributed by atoms with van der Waals surface area (Å²) in [5.74, 6) is -0.116. The van der Waals surface area contributed by atoms with Crippen molar-refractivity contribution in [3.63, 3.8) is 0 Å². The zero-order valence-electron chi connectivity index (χ0n) is 23.6. The summed E-state index contributed by atoms with van der Waals surface area (Å²) >= 11 is 0. The van der Waals surface area contributed by atoms with Crippen LogP contribution in [-0.4, -0.2) is 71.1 Å². The third-order valence-corrected chi connectivity index (χ3v) is 6.59. The molecule has 0 fully saturated rings. The minimum Gasteiger partial charge on any atom is -0.494 e. The minimum absolute atomic E-state index is 0.0867. The molecule has 2 bridgehead atoms. The number of nitrogens with zero attached hydrogens (tertiary/aromatic N) is 3. The van der Waals surface area contributed by atoms with Crippen molar-refractivity contribution in [2.24, 2.45) is 5.92 Å². The number of aromatic nitrogens is 2. The van der Waals surface area contributed by atoms with E-state index < -0.39 is 24.5 Å². The van der Waals surface area contributed by atoms with Crippen LogP contribution < -0.4 is 20.1 Å². The summed E-state index contributed by atoms with van der Waals surface area (Å²) in [5, 5.41) is 5.68. The second-order valence-electron chi connectivity index (χ2n) is 10.3. The van der Waals surface area contributed by atoms with Gasteiger partial charge in [-0.3, -0.25) is 14.4 Å². The lowest BCUT2D eigenvalue weighted by molar-refractivity contribution is -0.129. The van der Waals surface area contributed by atoms with Gasteiger partial charge >= 0.3 is 6.61 Å². The van der Waals surface area contributed by atoms with Crippen LogP contribution in [0.1, 0.15) is 37.0 Å². The molecule has 1 aliphatic rings. The molecule has 1 aromatic heterocycles. The average molecular weight is 584 g/mol. The molecule has 3 aromatic rings. The van der Waals surface area contributed by atoms with E-state index in [2.05, 4.69) is 20.4 Å². The van der Waals surface area contributed by atoms with Crippen molar-refractivity contribution in [3.8, 4) is 22.9 Å². The predicted octanol–water partition coefficient (Wildman–Crippen LogP) is 3.72. The van der Waals surface area contributed by atoms with Crippen molar-refractivity contribution in [1.29, 1.82) is 0 Å². The first-order valence-corrected chi connectivity index (χ1v) is 13.8. The van der Waals surface area contributed by atoms with Crippen LogP contribution >= 0.6 is 0 Å². The number of ether oxygens (including phenoxy) is 2. The molecular formula is C30H35F2N5O5. The SMILES string of the molecule is CC(C)C[C@H]1NC(=O)CN(C(=O)c2cccc(OC(F)F)c2)CCCOc2cccc(c2)-c2nccn2CCNC1=O. The van der Waals surface area contributed by atoms with E-state index in [4.69, 9.17) is 4.74 Å². The molecule has 2 heterocycles. The highest BCUT2D eigenvalue weighted by Gasteiger charge is 2.25. The molecule has 1 atom stereocenters. The highest BCUT2D eigenvalue weighted by molar-refractivity contribution is 5.97. The first-order chi connectivity index (χ1) is 20.2. The lowest BCUT2D eigenvalue weighted by atomic mass is 10.0. The second-order valence-corrected chi connectivity index (χ2v) is 10.3. The summed E-state index contributed by atoms with van der Waals surface area (Å²) in [7, 11) is 0. The monoisotopic (exact) mass is 583 g/mol. The normalized spacial score (nSPS) is 17.0. The van der Waals surface area contributed by atoms with Gasteiger partial charge in [0.2, 0.25) is 11.8 Å². The number of hydrogen-bond acceptors (Lipinski definition) is 6. The standard InChI is InChI=1S/C30H35F2N5O5/c1-20(2)16-25-28(39)34-11-14-36-13-10-33-27(36)21-6-3-8-23(17-21)41-15-5-12-37(19-26(38)35-25)29(40)22-7-4-9-24(18-22)42-30(31)32/h3-4,6-10,13,17-18,20,25,30H,5,11-12,14-16,19H2,1-2H3,(H,34,39)(H,35,38)/t25-/m1/s1. The van der Waals surface area contributed by atoms with Crippen molar-refractivity contribution in [2.75, 3.05) is 26.2 Å². The molecule has 224 valence electrons. The van der Waals surface area contributed by atoms with Crippen LogP contribution in [0.15, 0.2) is 60.9 Å². The lowest BCUT2D eigenvalue weighted by Crippen LogP contribution is -2.51. The second kappa shape index (κ2) is 14.4. The number of halogens is 2. The van der Waals surface area contributed by atoms with Crippen LogP contribution in [0.25, 0.3) is 11.4 Å². The molecule has 42 heavy (non-hydrogen) atoms.